The minimum atomic E-state index is -1.37. The number of amides is 3. The van der Waals surface area contributed by atoms with Gasteiger partial charge in [-0.15, -0.1) is 23.5 Å². The minimum absolute atomic E-state index is 0.0428. The number of aromatic hydroxyl groups is 1. The third kappa shape index (κ3) is 5.96. The zero-order valence-electron chi connectivity index (χ0n) is 19.0. The molecule has 34 heavy (non-hydrogen) atoms. The molecule has 11 heteroatoms. The van der Waals surface area contributed by atoms with Gasteiger partial charge in [0.05, 0.1) is 22.9 Å². The van der Waals surface area contributed by atoms with Crippen molar-refractivity contribution in [2.75, 3.05) is 36.5 Å². The van der Waals surface area contributed by atoms with E-state index in [2.05, 4.69) is 16.0 Å². The van der Waals surface area contributed by atoms with Gasteiger partial charge in [0.15, 0.2) is 0 Å². The van der Waals surface area contributed by atoms with Crippen LogP contribution < -0.4 is 16.0 Å². The van der Waals surface area contributed by atoms with Crippen molar-refractivity contribution >= 4 is 57.7 Å². The molecule has 0 fully saturated rings. The molecule has 0 unspecified atom stereocenters. The Bertz CT molecular complexity index is 1090. The average molecular weight is 508 g/mol. The van der Waals surface area contributed by atoms with Crippen LogP contribution >= 0.6 is 23.5 Å². The second-order valence-electron chi connectivity index (χ2n) is 8.55. The van der Waals surface area contributed by atoms with Gasteiger partial charge in [-0.2, -0.15) is 0 Å². The Hall–Kier alpha value is -2.47. The first kappa shape index (κ1) is 26.1. The van der Waals surface area contributed by atoms with Crippen molar-refractivity contribution in [1.82, 2.24) is 10.6 Å². The number of anilines is 1. The normalized spacial score (nSPS) is 14.3. The van der Waals surface area contributed by atoms with E-state index < -0.39 is 17.4 Å². The molecule has 0 spiro atoms. The Kier molecular flexibility index (Phi) is 8.69. The molecule has 1 heterocycles. The van der Waals surface area contributed by atoms with Crippen LogP contribution in [0.2, 0.25) is 0 Å². The van der Waals surface area contributed by atoms with E-state index >= 15 is 0 Å². The Morgan fingerprint density at radius 2 is 1.91 bits per heavy atom. The predicted octanol–water partition coefficient (Wildman–Crippen LogP) is 1.68. The van der Waals surface area contributed by atoms with E-state index in [1.54, 1.807) is 19.9 Å². The number of rotatable bonds is 10. The summed E-state index contributed by atoms with van der Waals surface area (Å²) in [5.74, 6) is -0.0662. The number of phenols is 1. The van der Waals surface area contributed by atoms with E-state index in [1.807, 2.05) is 18.2 Å². The first-order chi connectivity index (χ1) is 16.2. The molecule has 6 N–H and O–H groups in total. The lowest BCUT2D eigenvalue weighted by atomic mass is 9.87. The Balaban J connectivity index is 1.52. The Labute approximate surface area is 206 Å². The van der Waals surface area contributed by atoms with Gasteiger partial charge in [-0.1, -0.05) is 38.1 Å². The van der Waals surface area contributed by atoms with Crippen LogP contribution in [-0.4, -0.2) is 70.3 Å². The number of phenolic OH excluding ortho intramolecular Hbond substituents is 1. The van der Waals surface area contributed by atoms with Gasteiger partial charge in [0.1, 0.15) is 11.9 Å². The van der Waals surface area contributed by atoms with Gasteiger partial charge < -0.3 is 31.3 Å². The quantitative estimate of drug-likeness (QED) is 0.162. The first-order valence-electron chi connectivity index (χ1n) is 10.8. The van der Waals surface area contributed by atoms with Gasteiger partial charge in [0.25, 0.3) is 0 Å². The average Bonchev–Trinajstić information content (AvgIpc) is 2.83. The number of hydrogen-bond acceptors (Lipinski definition) is 8. The van der Waals surface area contributed by atoms with Crippen molar-refractivity contribution < 1.29 is 29.7 Å². The van der Waals surface area contributed by atoms with Gasteiger partial charge in [0, 0.05) is 46.3 Å². The summed E-state index contributed by atoms with van der Waals surface area (Å²) in [6, 6.07) is 7.34. The second kappa shape index (κ2) is 11.3. The van der Waals surface area contributed by atoms with E-state index in [4.69, 9.17) is 0 Å². The number of hydrogen-bond donors (Lipinski definition) is 6. The molecule has 1 aliphatic heterocycles. The molecule has 184 valence electrons. The summed E-state index contributed by atoms with van der Waals surface area (Å²) in [7, 11) is 0. The van der Waals surface area contributed by atoms with E-state index in [0.29, 0.717) is 28.3 Å². The number of aliphatic hydroxyl groups excluding tert-OH is 2. The number of benzene rings is 2. The van der Waals surface area contributed by atoms with Crippen molar-refractivity contribution in [2.45, 2.75) is 36.2 Å². The SMILES string of the molecule is CC(C)(CO)[C@@H](O)C(=O)NCCC(=O)NCCSc1c2c(c3ccccc3c1O)NC(=O)CS2. The van der Waals surface area contributed by atoms with Crippen LogP contribution in [0.4, 0.5) is 5.69 Å². The number of aliphatic hydroxyl groups is 2. The molecule has 3 rings (SSSR count). The molecule has 1 atom stereocenters. The van der Waals surface area contributed by atoms with Crippen molar-refractivity contribution in [2.24, 2.45) is 5.41 Å². The molecule has 2 aromatic carbocycles. The summed E-state index contributed by atoms with van der Waals surface area (Å²) < 4.78 is 0. The van der Waals surface area contributed by atoms with Crippen LogP contribution in [0.15, 0.2) is 34.1 Å². The highest BCUT2D eigenvalue weighted by molar-refractivity contribution is 8.03. The van der Waals surface area contributed by atoms with Crippen molar-refractivity contribution in [3.05, 3.63) is 24.3 Å². The number of fused-ring (bicyclic) bond motifs is 3. The lowest BCUT2D eigenvalue weighted by Crippen LogP contribution is -2.46. The topological polar surface area (TPSA) is 148 Å². The fourth-order valence-corrected chi connectivity index (χ4v) is 5.47. The fourth-order valence-electron chi connectivity index (χ4n) is 3.35. The van der Waals surface area contributed by atoms with Crippen LogP contribution in [-0.2, 0) is 14.4 Å². The molecule has 0 aromatic heterocycles. The molecule has 3 amide bonds. The summed E-state index contributed by atoms with van der Waals surface area (Å²) in [6.45, 7) is 3.19. The Morgan fingerprint density at radius 3 is 2.62 bits per heavy atom. The highest BCUT2D eigenvalue weighted by atomic mass is 32.2. The van der Waals surface area contributed by atoms with Gasteiger partial charge in [-0.3, -0.25) is 14.4 Å². The predicted molar refractivity (Wildman–Crippen MR) is 133 cm³/mol. The monoisotopic (exact) mass is 507 g/mol. The molecule has 0 bridgehead atoms. The molecule has 0 aliphatic carbocycles. The van der Waals surface area contributed by atoms with Gasteiger partial charge in [-0.25, -0.2) is 0 Å². The maximum atomic E-state index is 12.1. The lowest BCUT2D eigenvalue weighted by Gasteiger charge is -2.27. The van der Waals surface area contributed by atoms with Crippen LogP contribution in [0.5, 0.6) is 5.75 Å². The van der Waals surface area contributed by atoms with Crippen LogP contribution in [0.3, 0.4) is 0 Å². The van der Waals surface area contributed by atoms with E-state index in [-0.39, 0.29) is 42.9 Å². The standard InChI is InChI=1S/C23H29N3O6S2/c1-23(2,12-27)21(31)22(32)25-8-7-15(28)24-9-10-33-20-18(30)14-6-4-3-5-13(14)17-19(20)34-11-16(29)26-17/h3-6,21,27,30-31H,7-12H2,1-2H3,(H,24,28)(H,25,32)(H,26,29)/t21-/m0/s1. The summed E-state index contributed by atoms with van der Waals surface area (Å²) >= 11 is 2.77. The highest BCUT2D eigenvalue weighted by Crippen LogP contribution is 2.49. The third-order valence-corrected chi connectivity index (χ3v) is 7.76. The summed E-state index contributed by atoms with van der Waals surface area (Å²) in [6.07, 6.45) is -1.33. The van der Waals surface area contributed by atoms with Crippen LogP contribution in [0.25, 0.3) is 10.8 Å². The molecule has 0 saturated carbocycles. The van der Waals surface area contributed by atoms with Crippen LogP contribution in [0.1, 0.15) is 20.3 Å². The number of carbonyl (C=O) groups is 3. The zero-order valence-corrected chi connectivity index (χ0v) is 20.6. The molecule has 9 nitrogen and oxygen atoms in total. The fraction of sp³-hybridized carbons (Fsp3) is 0.435. The third-order valence-electron chi connectivity index (χ3n) is 5.43. The molecule has 2 aromatic rings. The molecule has 1 aliphatic rings. The van der Waals surface area contributed by atoms with E-state index in [0.717, 1.165) is 10.3 Å². The maximum Gasteiger partial charge on any atom is 0.249 e. The minimum Gasteiger partial charge on any atom is -0.506 e. The smallest absolute Gasteiger partial charge is 0.249 e. The van der Waals surface area contributed by atoms with Gasteiger partial charge in [0.2, 0.25) is 17.7 Å². The summed E-state index contributed by atoms with van der Waals surface area (Å²) in [5, 5.41) is 39.7. The first-order valence-corrected chi connectivity index (χ1v) is 12.8. The van der Waals surface area contributed by atoms with Crippen LogP contribution in [0, 0.1) is 5.41 Å². The summed E-state index contributed by atoms with van der Waals surface area (Å²) in [5.41, 5.74) is -0.276. The van der Waals surface area contributed by atoms with E-state index in [1.165, 1.54) is 23.5 Å². The van der Waals surface area contributed by atoms with Crippen molar-refractivity contribution in [3.8, 4) is 5.75 Å². The highest BCUT2D eigenvalue weighted by Gasteiger charge is 2.32. The number of thioether (sulfide) groups is 2. The molecular formula is C23H29N3O6S2. The van der Waals surface area contributed by atoms with Crippen molar-refractivity contribution in [3.63, 3.8) is 0 Å². The second-order valence-corrected chi connectivity index (χ2v) is 10.6. The zero-order chi connectivity index (χ0) is 24.9. The lowest BCUT2D eigenvalue weighted by molar-refractivity contribution is -0.137. The number of carbonyl (C=O) groups excluding carboxylic acids is 3. The van der Waals surface area contributed by atoms with Gasteiger partial charge >= 0.3 is 0 Å². The van der Waals surface area contributed by atoms with Gasteiger partial charge in [-0.05, 0) is 0 Å². The maximum absolute atomic E-state index is 12.1. The molecular weight excluding hydrogens is 478 g/mol. The Morgan fingerprint density at radius 1 is 1.21 bits per heavy atom. The van der Waals surface area contributed by atoms with Crippen molar-refractivity contribution in [1.29, 1.82) is 0 Å². The largest absolute Gasteiger partial charge is 0.506 e. The summed E-state index contributed by atoms with van der Waals surface area (Å²) in [4.78, 5) is 37.5. The molecule has 0 saturated heterocycles. The number of nitrogens with one attached hydrogen (secondary N) is 3. The van der Waals surface area contributed by atoms with E-state index in [9.17, 15) is 29.7 Å². The molecule has 0 radical (unpaired) electrons.